The van der Waals surface area contributed by atoms with E-state index in [1.54, 1.807) is 12.1 Å². The van der Waals surface area contributed by atoms with E-state index in [0.29, 0.717) is 5.56 Å². The van der Waals surface area contributed by atoms with Crippen molar-refractivity contribution >= 4 is 24.2 Å². The molecule has 0 fully saturated rings. The van der Waals surface area contributed by atoms with Crippen LogP contribution in [0.4, 0.5) is 0 Å². The molecular formula is C11H16ClN3O2. The van der Waals surface area contributed by atoms with Crippen molar-refractivity contribution in [2.75, 3.05) is 6.54 Å². The minimum Gasteiger partial charge on any atom is -0.368 e. The largest absolute Gasteiger partial charge is 0.368 e. The van der Waals surface area contributed by atoms with Gasteiger partial charge in [-0.15, -0.1) is 12.4 Å². The summed E-state index contributed by atoms with van der Waals surface area (Å²) >= 11 is 0. The Hall–Kier alpha value is -1.59. The summed E-state index contributed by atoms with van der Waals surface area (Å²) in [6, 6.07) is 6.53. The first-order chi connectivity index (χ1) is 7.50. The maximum absolute atomic E-state index is 11.5. The Kier molecular flexibility index (Phi) is 6.23. The third kappa shape index (κ3) is 4.84. The SMILES string of the molecule is Cc1ccc(C(N)C(=O)NCC(N)=O)cc1.Cl. The molecule has 0 radical (unpaired) electrons. The summed E-state index contributed by atoms with van der Waals surface area (Å²) in [6.07, 6.45) is 0. The zero-order valence-electron chi connectivity index (χ0n) is 9.47. The first-order valence-electron chi connectivity index (χ1n) is 4.89. The summed E-state index contributed by atoms with van der Waals surface area (Å²) in [5.41, 5.74) is 12.4. The van der Waals surface area contributed by atoms with Gasteiger partial charge in [-0.1, -0.05) is 29.8 Å². The van der Waals surface area contributed by atoms with Gasteiger partial charge in [0.15, 0.2) is 0 Å². The van der Waals surface area contributed by atoms with Crippen molar-refractivity contribution in [3.05, 3.63) is 35.4 Å². The fourth-order valence-corrected chi connectivity index (χ4v) is 1.21. The van der Waals surface area contributed by atoms with Crippen LogP contribution in [0.3, 0.4) is 0 Å². The Balaban J connectivity index is 0.00000256. The quantitative estimate of drug-likeness (QED) is 0.709. The fourth-order valence-electron chi connectivity index (χ4n) is 1.21. The third-order valence-corrected chi connectivity index (χ3v) is 2.16. The van der Waals surface area contributed by atoms with Crippen LogP contribution in [0.25, 0.3) is 0 Å². The molecule has 0 bridgehead atoms. The zero-order valence-corrected chi connectivity index (χ0v) is 10.3. The molecule has 0 saturated carbocycles. The molecule has 1 aromatic rings. The van der Waals surface area contributed by atoms with Crippen LogP contribution < -0.4 is 16.8 Å². The van der Waals surface area contributed by atoms with E-state index in [-0.39, 0.29) is 19.0 Å². The lowest BCUT2D eigenvalue weighted by Gasteiger charge is -2.11. The molecule has 1 rings (SSSR count). The summed E-state index contributed by atoms with van der Waals surface area (Å²) in [5.74, 6) is -1.01. The Morgan fingerprint density at radius 1 is 1.29 bits per heavy atom. The van der Waals surface area contributed by atoms with Crippen LogP contribution in [0.15, 0.2) is 24.3 Å². The molecule has 0 saturated heterocycles. The molecule has 0 aliphatic carbocycles. The number of nitrogens with two attached hydrogens (primary N) is 2. The average Bonchev–Trinajstić information content (AvgIpc) is 2.26. The molecule has 0 heterocycles. The second kappa shape index (κ2) is 6.88. The average molecular weight is 258 g/mol. The number of aryl methyl sites for hydroxylation is 1. The molecular weight excluding hydrogens is 242 g/mol. The number of primary amides is 1. The molecule has 5 nitrogen and oxygen atoms in total. The molecule has 2 amide bonds. The number of rotatable bonds is 4. The molecule has 1 unspecified atom stereocenters. The summed E-state index contributed by atoms with van der Waals surface area (Å²) in [4.78, 5) is 22.0. The van der Waals surface area contributed by atoms with Crippen molar-refractivity contribution in [2.24, 2.45) is 11.5 Å². The first-order valence-corrected chi connectivity index (χ1v) is 4.89. The third-order valence-electron chi connectivity index (χ3n) is 2.16. The van der Waals surface area contributed by atoms with E-state index in [4.69, 9.17) is 11.5 Å². The number of nitrogens with one attached hydrogen (secondary N) is 1. The topological polar surface area (TPSA) is 98.2 Å². The highest BCUT2D eigenvalue weighted by Crippen LogP contribution is 2.11. The number of hydrogen-bond acceptors (Lipinski definition) is 3. The van der Waals surface area contributed by atoms with Crippen LogP contribution >= 0.6 is 12.4 Å². The van der Waals surface area contributed by atoms with Gasteiger partial charge >= 0.3 is 0 Å². The number of hydrogen-bond donors (Lipinski definition) is 3. The molecule has 0 aromatic heterocycles. The van der Waals surface area contributed by atoms with E-state index in [1.807, 2.05) is 19.1 Å². The molecule has 5 N–H and O–H groups in total. The highest BCUT2D eigenvalue weighted by atomic mass is 35.5. The van der Waals surface area contributed by atoms with Gasteiger partial charge < -0.3 is 16.8 Å². The van der Waals surface area contributed by atoms with Gasteiger partial charge in [0.1, 0.15) is 6.04 Å². The van der Waals surface area contributed by atoms with E-state index < -0.39 is 17.9 Å². The van der Waals surface area contributed by atoms with E-state index in [1.165, 1.54) is 0 Å². The molecule has 6 heteroatoms. The second-order valence-corrected chi connectivity index (χ2v) is 3.57. The van der Waals surface area contributed by atoms with Crippen molar-refractivity contribution < 1.29 is 9.59 Å². The van der Waals surface area contributed by atoms with Gasteiger partial charge in [-0.3, -0.25) is 9.59 Å². The molecule has 0 aliphatic heterocycles. The Morgan fingerprint density at radius 2 is 1.82 bits per heavy atom. The molecule has 94 valence electrons. The monoisotopic (exact) mass is 257 g/mol. The van der Waals surface area contributed by atoms with Crippen molar-refractivity contribution in [2.45, 2.75) is 13.0 Å². The minimum absolute atomic E-state index is 0. The summed E-state index contributed by atoms with van der Waals surface area (Å²) < 4.78 is 0. The van der Waals surface area contributed by atoms with Gasteiger partial charge in [0, 0.05) is 0 Å². The standard InChI is InChI=1S/C11H15N3O2.ClH/c1-7-2-4-8(5-3-7)10(13)11(16)14-6-9(12)15;/h2-5,10H,6,13H2,1H3,(H2,12,15)(H,14,16);1H. The lowest BCUT2D eigenvalue weighted by molar-refractivity contribution is -0.125. The molecule has 1 atom stereocenters. The number of amides is 2. The van der Waals surface area contributed by atoms with Crippen molar-refractivity contribution in [3.63, 3.8) is 0 Å². The number of carbonyl (C=O) groups is 2. The highest BCUT2D eigenvalue weighted by molar-refractivity contribution is 5.87. The van der Waals surface area contributed by atoms with Crippen molar-refractivity contribution in [1.29, 1.82) is 0 Å². The van der Waals surface area contributed by atoms with Gasteiger partial charge in [0.2, 0.25) is 11.8 Å². The van der Waals surface area contributed by atoms with Crippen molar-refractivity contribution in [3.8, 4) is 0 Å². The van der Waals surface area contributed by atoms with E-state index in [0.717, 1.165) is 5.56 Å². The van der Waals surface area contributed by atoms with Gasteiger partial charge in [0.25, 0.3) is 0 Å². The zero-order chi connectivity index (χ0) is 12.1. The van der Waals surface area contributed by atoms with Crippen LogP contribution in [0.5, 0.6) is 0 Å². The van der Waals surface area contributed by atoms with Crippen molar-refractivity contribution in [1.82, 2.24) is 5.32 Å². The highest BCUT2D eigenvalue weighted by Gasteiger charge is 2.15. The van der Waals surface area contributed by atoms with E-state index in [2.05, 4.69) is 5.32 Å². The molecule has 17 heavy (non-hydrogen) atoms. The number of carbonyl (C=O) groups excluding carboxylic acids is 2. The fraction of sp³-hybridized carbons (Fsp3) is 0.273. The van der Waals surface area contributed by atoms with Gasteiger partial charge in [0.05, 0.1) is 6.54 Å². The van der Waals surface area contributed by atoms with Crippen LogP contribution in [-0.2, 0) is 9.59 Å². The lowest BCUT2D eigenvalue weighted by atomic mass is 10.1. The van der Waals surface area contributed by atoms with Crippen LogP contribution in [0.1, 0.15) is 17.2 Å². The molecule has 1 aromatic carbocycles. The van der Waals surface area contributed by atoms with E-state index >= 15 is 0 Å². The first kappa shape index (κ1) is 15.4. The summed E-state index contributed by atoms with van der Waals surface area (Å²) in [5, 5.41) is 2.36. The Morgan fingerprint density at radius 3 is 2.29 bits per heavy atom. The van der Waals surface area contributed by atoms with Crippen LogP contribution in [0.2, 0.25) is 0 Å². The number of halogens is 1. The maximum atomic E-state index is 11.5. The minimum atomic E-state index is -0.778. The number of benzene rings is 1. The Bertz CT molecular complexity index is 392. The van der Waals surface area contributed by atoms with Crippen LogP contribution in [-0.4, -0.2) is 18.4 Å². The predicted octanol–water partition coefficient (Wildman–Crippen LogP) is 0.0181. The summed E-state index contributed by atoms with van der Waals surface area (Å²) in [6.45, 7) is 1.75. The normalized spacial score (nSPS) is 11.2. The lowest BCUT2D eigenvalue weighted by Crippen LogP contribution is -2.39. The predicted molar refractivity (Wildman–Crippen MR) is 67.6 cm³/mol. The molecule has 0 aliphatic rings. The smallest absolute Gasteiger partial charge is 0.241 e. The second-order valence-electron chi connectivity index (χ2n) is 3.57. The maximum Gasteiger partial charge on any atom is 0.241 e. The van der Waals surface area contributed by atoms with E-state index in [9.17, 15) is 9.59 Å². The Labute approximate surface area is 106 Å². The van der Waals surface area contributed by atoms with Gasteiger partial charge in [-0.2, -0.15) is 0 Å². The van der Waals surface area contributed by atoms with Gasteiger partial charge in [-0.25, -0.2) is 0 Å². The summed E-state index contributed by atoms with van der Waals surface area (Å²) in [7, 11) is 0. The molecule has 0 spiro atoms. The van der Waals surface area contributed by atoms with Gasteiger partial charge in [-0.05, 0) is 12.5 Å². The van der Waals surface area contributed by atoms with Crippen LogP contribution in [0, 0.1) is 6.92 Å².